The van der Waals surface area contributed by atoms with Crippen molar-refractivity contribution in [2.45, 2.75) is 33.7 Å². The van der Waals surface area contributed by atoms with E-state index in [4.69, 9.17) is 9.73 Å². The average Bonchev–Trinajstić information content (AvgIpc) is 3.03. The lowest BCUT2D eigenvalue weighted by molar-refractivity contribution is 0.162. The number of benzene rings is 2. The maximum atomic E-state index is 5.43. The third-order valence-electron chi connectivity index (χ3n) is 4.52. The summed E-state index contributed by atoms with van der Waals surface area (Å²) in [7, 11) is 1.75. The van der Waals surface area contributed by atoms with Gasteiger partial charge >= 0.3 is 0 Å². The molecule has 1 unspecified atom stereocenters. The van der Waals surface area contributed by atoms with Crippen LogP contribution in [0.5, 0.6) is 0 Å². The number of nitrogens with zero attached hydrogens (tertiary/aromatic N) is 2. The first-order valence-electron chi connectivity index (χ1n) is 8.87. The first kappa shape index (κ1) is 18.6. The highest BCUT2D eigenvalue weighted by Gasteiger charge is 2.14. The van der Waals surface area contributed by atoms with E-state index in [9.17, 15) is 0 Å². The van der Waals surface area contributed by atoms with Crippen molar-refractivity contribution in [3.8, 4) is 11.3 Å². The van der Waals surface area contributed by atoms with E-state index in [1.807, 2.05) is 0 Å². The summed E-state index contributed by atoms with van der Waals surface area (Å²) >= 11 is 1.68. The summed E-state index contributed by atoms with van der Waals surface area (Å²) in [5, 5.41) is 2.20. The largest absolute Gasteiger partial charge is 0.383 e. The number of hydrogen-bond acceptors (Lipinski definition) is 3. The molecule has 4 heteroatoms. The summed E-state index contributed by atoms with van der Waals surface area (Å²) in [6.07, 6.45) is 0. The Morgan fingerprint density at radius 1 is 1.04 bits per heavy atom. The molecule has 0 spiro atoms. The maximum Gasteiger partial charge on any atom is 0.190 e. The predicted molar refractivity (Wildman–Crippen MR) is 110 cm³/mol. The van der Waals surface area contributed by atoms with Gasteiger partial charge in [0.15, 0.2) is 4.80 Å². The lowest BCUT2D eigenvalue weighted by Gasteiger charge is -2.17. The molecule has 136 valence electrons. The SMILES string of the molecule is COCC(C)n1c(-c2ccc(C)cc2)csc1=Nc1cc(C)ccc1C. The number of ether oxygens (including phenoxy) is 1. The van der Waals surface area contributed by atoms with Crippen molar-refractivity contribution >= 4 is 17.0 Å². The summed E-state index contributed by atoms with van der Waals surface area (Å²) in [4.78, 5) is 5.99. The second-order valence-electron chi connectivity index (χ2n) is 6.85. The molecule has 0 bridgehead atoms. The van der Waals surface area contributed by atoms with E-state index in [0.717, 1.165) is 10.5 Å². The second-order valence-corrected chi connectivity index (χ2v) is 7.68. The van der Waals surface area contributed by atoms with Crippen LogP contribution >= 0.6 is 11.3 Å². The van der Waals surface area contributed by atoms with Crippen molar-refractivity contribution in [2.24, 2.45) is 4.99 Å². The third kappa shape index (κ3) is 3.97. The Hall–Kier alpha value is -2.17. The van der Waals surface area contributed by atoms with Gasteiger partial charge in [0.25, 0.3) is 0 Å². The molecule has 3 nitrogen and oxygen atoms in total. The number of hydrogen-bond donors (Lipinski definition) is 0. The standard InChI is InChI=1S/C22H26N2OS/c1-15-7-10-19(11-8-15)21-14-26-22(24(21)18(4)13-25-5)23-20-12-16(2)6-9-17(20)3/h6-12,14,18H,13H2,1-5H3. The van der Waals surface area contributed by atoms with Crippen LogP contribution in [0.3, 0.4) is 0 Å². The Bertz CT molecular complexity index is 951. The van der Waals surface area contributed by atoms with Crippen molar-refractivity contribution in [1.29, 1.82) is 0 Å². The van der Waals surface area contributed by atoms with Gasteiger partial charge in [-0.2, -0.15) is 0 Å². The number of thiazole rings is 1. The fourth-order valence-electron chi connectivity index (χ4n) is 3.02. The lowest BCUT2D eigenvalue weighted by atomic mass is 10.1. The molecule has 3 aromatic rings. The fourth-order valence-corrected chi connectivity index (χ4v) is 4.03. The first-order valence-corrected chi connectivity index (χ1v) is 9.75. The van der Waals surface area contributed by atoms with E-state index in [1.165, 1.54) is 27.9 Å². The Kier molecular flexibility index (Phi) is 5.74. The zero-order chi connectivity index (χ0) is 18.7. The topological polar surface area (TPSA) is 26.5 Å². The van der Waals surface area contributed by atoms with Crippen molar-refractivity contribution in [2.75, 3.05) is 13.7 Å². The second kappa shape index (κ2) is 8.02. The van der Waals surface area contributed by atoms with Crippen LogP contribution in [0.1, 0.15) is 29.7 Å². The number of aromatic nitrogens is 1. The smallest absolute Gasteiger partial charge is 0.190 e. The molecule has 3 rings (SSSR count). The van der Waals surface area contributed by atoms with Gasteiger partial charge in [-0.1, -0.05) is 42.0 Å². The van der Waals surface area contributed by atoms with Crippen LogP contribution in [0.25, 0.3) is 11.3 Å². The van der Waals surface area contributed by atoms with Crippen LogP contribution in [0, 0.1) is 20.8 Å². The Morgan fingerprint density at radius 3 is 2.42 bits per heavy atom. The molecule has 0 radical (unpaired) electrons. The summed E-state index contributed by atoms with van der Waals surface area (Å²) in [5.41, 5.74) is 7.09. The predicted octanol–water partition coefficient (Wildman–Crippen LogP) is 5.58. The fraction of sp³-hybridized carbons (Fsp3) is 0.318. The highest BCUT2D eigenvalue weighted by Crippen LogP contribution is 2.25. The van der Waals surface area contributed by atoms with Gasteiger partial charge in [0.05, 0.1) is 24.0 Å². The summed E-state index contributed by atoms with van der Waals surface area (Å²) < 4.78 is 7.72. The van der Waals surface area contributed by atoms with Gasteiger partial charge < -0.3 is 9.30 Å². The molecule has 1 atom stereocenters. The van der Waals surface area contributed by atoms with E-state index in [2.05, 4.69) is 80.1 Å². The van der Waals surface area contributed by atoms with Crippen LogP contribution in [0.2, 0.25) is 0 Å². The van der Waals surface area contributed by atoms with Crippen LogP contribution < -0.4 is 4.80 Å². The Labute approximate surface area is 159 Å². The molecule has 0 amide bonds. The molecule has 1 aromatic heterocycles. The maximum absolute atomic E-state index is 5.43. The quantitative estimate of drug-likeness (QED) is 0.579. The normalized spacial score (nSPS) is 13.2. The van der Waals surface area contributed by atoms with Crippen LogP contribution in [0.15, 0.2) is 52.8 Å². The molecule has 0 saturated heterocycles. The molecule has 2 aromatic carbocycles. The van der Waals surface area contributed by atoms with Gasteiger partial charge in [0.2, 0.25) is 0 Å². The van der Waals surface area contributed by atoms with E-state index >= 15 is 0 Å². The highest BCUT2D eigenvalue weighted by atomic mass is 32.1. The van der Waals surface area contributed by atoms with Crippen LogP contribution in [0.4, 0.5) is 5.69 Å². The third-order valence-corrected chi connectivity index (χ3v) is 5.36. The number of rotatable bonds is 5. The van der Waals surface area contributed by atoms with E-state index in [1.54, 1.807) is 18.4 Å². The molecular weight excluding hydrogens is 340 g/mol. The molecular formula is C22H26N2OS. The van der Waals surface area contributed by atoms with E-state index in [0.29, 0.717) is 6.61 Å². The van der Waals surface area contributed by atoms with Gasteiger partial charge in [0, 0.05) is 12.5 Å². The molecule has 0 aliphatic heterocycles. The average molecular weight is 367 g/mol. The molecule has 0 aliphatic rings. The number of aryl methyl sites for hydroxylation is 3. The minimum atomic E-state index is 0.200. The molecule has 0 N–H and O–H groups in total. The van der Waals surface area contributed by atoms with Gasteiger partial charge in [-0.3, -0.25) is 0 Å². The Balaban J connectivity index is 2.18. The van der Waals surface area contributed by atoms with E-state index in [-0.39, 0.29) is 6.04 Å². The monoisotopic (exact) mass is 366 g/mol. The molecule has 0 saturated carbocycles. The minimum absolute atomic E-state index is 0.200. The van der Waals surface area contributed by atoms with Gasteiger partial charge in [-0.25, -0.2) is 4.99 Å². The summed E-state index contributed by atoms with van der Waals surface area (Å²) in [6, 6.07) is 15.3. The van der Waals surface area contributed by atoms with Gasteiger partial charge in [-0.05, 0) is 50.5 Å². The van der Waals surface area contributed by atoms with Crippen LogP contribution in [-0.4, -0.2) is 18.3 Å². The highest BCUT2D eigenvalue weighted by molar-refractivity contribution is 7.07. The van der Waals surface area contributed by atoms with Gasteiger partial charge in [0.1, 0.15) is 0 Å². The van der Waals surface area contributed by atoms with Crippen LogP contribution in [-0.2, 0) is 4.74 Å². The summed E-state index contributed by atoms with van der Waals surface area (Å²) in [5.74, 6) is 0. The molecule has 26 heavy (non-hydrogen) atoms. The van der Waals surface area contributed by atoms with E-state index < -0.39 is 0 Å². The molecule has 0 aliphatic carbocycles. The van der Waals surface area contributed by atoms with Crippen molar-refractivity contribution in [3.05, 3.63) is 69.3 Å². The first-order chi connectivity index (χ1) is 12.5. The van der Waals surface area contributed by atoms with Gasteiger partial charge in [-0.15, -0.1) is 11.3 Å². The van der Waals surface area contributed by atoms with Crippen molar-refractivity contribution < 1.29 is 4.74 Å². The summed E-state index contributed by atoms with van der Waals surface area (Å²) in [6.45, 7) is 9.15. The lowest BCUT2D eigenvalue weighted by Crippen LogP contribution is -2.23. The Morgan fingerprint density at radius 2 is 1.73 bits per heavy atom. The zero-order valence-electron chi connectivity index (χ0n) is 16.1. The zero-order valence-corrected chi connectivity index (χ0v) is 16.9. The molecule has 0 fully saturated rings. The number of methoxy groups -OCH3 is 1. The molecule has 1 heterocycles. The minimum Gasteiger partial charge on any atom is -0.383 e. The van der Waals surface area contributed by atoms with Crippen molar-refractivity contribution in [3.63, 3.8) is 0 Å². The van der Waals surface area contributed by atoms with Crippen molar-refractivity contribution in [1.82, 2.24) is 4.57 Å².